The van der Waals surface area contributed by atoms with Gasteiger partial charge < -0.3 is 10.1 Å². The predicted molar refractivity (Wildman–Crippen MR) is 64.2 cm³/mol. The molecule has 0 atom stereocenters. The van der Waals surface area contributed by atoms with E-state index < -0.39 is 0 Å². The van der Waals surface area contributed by atoms with Crippen LogP contribution in [0.5, 0.6) is 5.75 Å². The van der Waals surface area contributed by atoms with Crippen molar-refractivity contribution in [3.63, 3.8) is 0 Å². The van der Waals surface area contributed by atoms with Gasteiger partial charge in [0.25, 0.3) is 0 Å². The lowest BCUT2D eigenvalue weighted by Crippen LogP contribution is -2.05. The minimum Gasteiger partial charge on any atom is -0.494 e. The summed E-state index contributed by atoms with van der Waals surface area (Å²) in [4.78, 5) is 4.18. The fourth-order valence-electron chi connectivity index (χ4n) is 1.60. The molecule has 0 aliphatic rings. The third kappa shape index (κ3) is 2.22. The molecule has 0 amide bonds. The predicted octanol–water partition coefficient (Wildman–Crippen LogP) is 2.45. The number of ether oxygens (including phenoxy) is 1. The van der Waals surface area contributed by atoms with Crippen molar-refractivity contribution < 1.29 is 9.13 Å². The maximum Gasteiger partial charge on any atom is 0.207 e. The lowest BCUT2D eigenvalue weighted by molar-refractivity contribution is 0.386. The van der Waals surface area contributed by atoms with Crippen LogP contribution in [0, 0.1) is 5.82 Å². The highest BCUT2D eigenvalue weighted by Crippen LogP contribution is 2.22. The number of nitrogens with one attached hydrogen (secondary N) is 1. The summed E-state index contributed by atoms with van der Waals surface area (Å²) >= 11 is 0. The summed E-state index contributed by atoms with van der Waals surface area (Å²) in [6.07, 6.45) is 3.50. The molecule has 0 saturated heterocycles. The third-order valence-electron chi connectivity index (χ3n) is 2.39. The van der Waals surface area contributed by atoms with Crippen LogP contribution in [-0.2, 0) is 0 Å². The number of aromatic nitrogens is 2. The zero-order chi connectivity index (χ0) is 12.3. The van der Waals surface area contributed by atoms with Crippen molar-refractivity contribution in [1.82, 2.24) is 9.55 Å². The second-order valence-corrected chi connectivity index (χ2v) is 3.47. The Hall–Kier alpha value is -2.04. The van der Waals surface area contributed by atoms with E-state index in [0.29, 0.717) is 0 Å². The first-order valence-corrected chi connectivity index (χ1v) is 5.37. The van der Waals surface area contributed by atoms with Crippen LogP contribution < -0.4 is 10.1 Å². The Morgan fingerprint density at radius 1 is 1.47 bits per heavy atom. The Balaban J connectivity index is 2.42. The average molecular weight is 235 g/mol. The molecule has 17 heavy (non-hydrogen) atoms. The van der Waals surface area contributed by atoms with Gasteiger partial charge in [-0.25, -0.2) is 9.37 Å². The van der Waals surface area contributed by atoms with Crippen LogP contribution in [0.4, 0.5) is 10.3 Å². The second-order valence-electron chi connectivity index (χ2n) is 3.47. The highest BCUT2D eigenvalue weighted by Gasteiger charge is 2.07. The molecule has 0 aliphatic carbocycles. The van der Waals surface area contributed by atoms with E-state index >= 15 is 0 Å². The van der Waals surface area contributed by atoms with E-state index in [1.165, 1.54) is 13.2 Å². The van der Waals surface area contributed by atoms with Crippen molar-refractivity contribution in [2.45, 2.75) is 6.92 Å². The van der Waals surface area contributed by atoms with Gasteiger partial charge in [0.2, 0.25) is 5.95 Å². The maximum absolute atomic E-state index is 13.3. The van der Waals surface area contributed by atoms with E-state index in [-0.39, 0.29) is 11.6 Å². The topological polar surface area (TPSA) is 39.1 Å². The van der Waals surface area contributed by atoms with Gasteiger partial charge in [0.1, 0.15) is 0 Å². The molecule has 1 aromatic carbocycles. The molecule has 4 nitrogen and oxygen atoms in total. The Morgan fingerprint density at radius 3 is 3.00 bits per heavy atom. The number of hydrogen-bond acceptors (Lipinski definition) is 3. The van der Waals surface area contributed by atoms with Gasteiger partial charge in [-0.2, -0.15) is 0 Å². The highest BCUT2D eigenvalue weighted by atomic mass is 19.1. The van der Waals surface area contributed by atoms with E-state index in [2.05, 4.69) is 10.3 Å². The summed E-state index contributed by atoms with van der Waals surface area (Å²) in [6.45, 7) is 2.76. The van der Waals surface area contributed by atoms with E-state index in [1.807, 2.05) is 17.7 Å². The molecule has 5 heteroatoms. The Kier molecular flexibility index (Phi) is 3.27. The molecule has 2 rings (SSSR count). The molecule has 1 aromatic heterocycles. The molecule has 90 valence electrons. The molecule has 2 aromatic rings. The quantitative estimate of drug-likeness (QED) is 0.884. The number of rotatable bonds is 4. The minimum atomic E-state index is -0.374. The largest absolute Gasteiger partial charge is 0.494 e. The molecule has 1 N–H and O–H groups in total. The molecule has 0 unspecified atom stereocenters. The summed E-state index contributed by atoms with van der Waals surface area (Å²) in [6, 6.07) is 4.70. The number of hydrogen-bond donors (Lipinski definition) is 1. The van der Waals surface area contributed by atoms with Gasteiger partial charge >= 0.3 is 0 Å². The Morgan fingerprint density at radius 2 is 2.29 bits per heavy atom. The van der Waals surface area contributed by atoms with E-state index in [9.17, 15) is 4.39 Å². The van der Waals surface area contributed by atoms with Crippen LogP contribution in [0.15, 0.2) is 30.6 Å². The summed E-state index contributed by atoms with van der Waals surface area (Å²) in [5.41, 5.74) is 0.803. The monoisotopic (exact) mass is 235 g/mol. The van der Waals surface area contributed by atoms with Gasteiger partial charge in [-0.15, -0.1) is 0 Å². The highest BCUT2D eigenvalue weighted by molar-refractivity contribution is 5.45. The van der Waals surface area contributed by atoms with E-state index in [0.717, 1.165) is 18.2 Å². The summed E-state index contributed by atoms with van der Waals surface area (Å²) in [5, 5.41) is 3.12. The van der Waals surface area contributed by atoms with Crippen molar-refractivity contribution in [3.05, 3.63) is 36.4 Å². The summed E-state index contributed by atoms with van der Waals surface area (Å²) in [7, 11) is 1.45. The van der Waals surface area contributed by atoms with Crippen molar-refractivity contribution in [2.75, 3.05) is 19.0 Å². The molecule has 0 aliphatic heterocycles. The first-order valence-electron chi connectivity index (χ1n) is 5.37. The fourth-order valence-corrected chi connectivity index (χ4v) is 1.60. The van der Waals surface area contributed by atoms with Crippen LogP contribution in [0.2, 0.25) is 0 Å². The fraction of sp³-hybridized carbons (Fsp3) is 0.250. The zero-order valence-electron chi connectivity index (χ0n) is 9.77. The molecule has 0 spiro atoms. The maximum atomic E-state index is 13.3. The average Bonchev–Trinajstić information content (AvgIpc) is 2.78. The number of imidazole rings is 1. The van der Waals surface area contributed by atoms with Gasteiger partial charge in [-0.3, -0.25) is 4.57 Å². The Bertz CT molecular complexity index is 510. The van der Waals surface area contributed by atoms with Gasteiger partial charge in [0.05, 0.1) is 12.8 Å². The number of halogens is 1. The molecule has 0 bridgehead atoms. The molecule has 0 radical (unpaired) electrons. The smallest absolute Gasteiger partial charge is 0.207 e. The molecular weight excluding hydrogens is 221 g/mol. The van der Waals surface area contributed by atoms with E-state index in [1.54, 1.807) is 18.3 Å². The number of benzene rings is 1. The first-order chi connectivity index (χ1) is 8.26. The lowest BCUT2D eigenvalue weighted by atomic mass is 10.3. The molecule has 1 heterocycles. The van der Waals surface area contributed by atoms with Gasteiger partial charge in [0, 0.05) is 25.0 Å². The molecular formula is C12H14FN3O. The first kappa shape index (κ1) is 11.4. The zero-order valence-corrected chi connectivity index (χ0v) is 9.77. The van der Waals surface area contributed by atoms with Crippen LogP contribution >= 0.6 is 0 Å². The number of methoxy groups -OCH3 is 1. The Labute approximate surface area is 99.1 Å². The minimum absolute atomic E-state index is 0.221. The lowest BCUT2D eigenvalue weighted by Gasteiger charge is -2.10. The van der Waals surface area contributed by atoms with Crippen molar-refractivity contribution in [1.29, 1.82) is 0 Å². The second kappa shape index (κ2) is 4.86. The summed E-state index contributed by atoms with van der Waals surface area (Å²) in [5.74, 6) is 0.571. The molecule has 0 fully saturated rings. The number of anilines is 1. The van der Waals surface area contributed by atoms with Crippen LogP contribution in [0.1, 0.15) is 6.92 Å². The summed E-state index contributed by atoms with van der Waals surface area (Å²) < 4.78 is 20.1. The van der Waals surface area contributed by atoms with Crippen molar-refractivity contribution in [3.8, 4) is 11.4 Å². The third-order valence-corrected chi connectivity index (χ3v) is 2.39. The normalized spacial score (nSPS) is 10.3. The standard InChI is InChI=1S/C12H14FN3O/c1-3-14-12-15-6-7-16(12)9-4-5-10(13)11(8-9)17-2/h4-8H,3H2,1-2H3,(H,14,15). The van der Waals surface area contributed by atoms with E-state index in [4.69, 9.17) is 4.74 Å². The van der Waals surface area contributed by atoms with Crippen LogP contribution in [0.25, 0.3) is 5.69 Å². The van der Waals surface area contributed by atoms with Crippen LogP contribution in [0.3, 0.4) is 0 Å². The number of nitrogens with zero attached hydrogens (tertiary/aromatic N) is 2. The van der Waals surface area contributed by atoms with Crippen molar-refractivity contribution >= 4 is 5.95 Å². The van der Waals surface area contributed by atoms with Gasteiger partial charge in [-0.05, 0) is 19.1 Å². The van der Waals surface area contributed by atoms with Crippen molar-refractivity contribution in [2.24, 2.45) is 0 Å². The van der Waals surface area contributed by atoms with Gasteiger partial charge in [0.15, 0.2) is 11.6 Å². The SMILES string of the molecule is CCNc1nccn1-c1ccc(F)c(OC)c1. The van der Waals surface area contributed by atoms with Gasteiger partial charge in [-0.1, -0.05) is 0 Å². The molecule has 0 saturated carbocycles. The van der Waals surface area contributed by atoms with Crippen LogP contribution in [-0.4, -0.2) is 23.2 Å².